The zero-order valence-electron chi connectivity index (χ0n) is 11.9. The molecule has 1 aromatic heterocycles. The van der Waals surface area contributed by atoms with Crippen LogP contribution in [0.1, 0.15) is 16.1 Å². The first kappa shape index (κ1) is 15.5. The van der Waals surface area contributed by atoms with Crippen LogP contribution in [0.25, 0.3) is 11.0 Å². The van der Waals surface area contributed by atoms with Gasteiger partial charge in [0.2, 0.25) is 5.76 Å². The number of methoxy groups -OCH3 is 1. The maximum Gasteiger partial charge on any atom is 0.371 e. The van der Waals surface area contributed by atoms with Gasteiger partial charge in [-0.2, -0.15) is 0 Å². The van der Waals surface area contributed by atoms with Crippen LogP contribution < -0.4 is 0 Å². The minimum Gasteiger partial charge on any atom is -0.475 e. The Morgan fingerprint density at radius 3 is 2.81 bits per heavy atom. The number of aliphatic hydroxyl groups excluding tert-OH is 1. The first-order chi connectivity index (χ1) is 10.1. The molecule has 0 amide bonds. The normalized spacial score (nSPS) is 11.4. The van der Waals surface area contributed by atoms with Crippen LogP contribution in [0.4, 0.5) is 0 Å². The lowest BCUT2D eigenvalue weighted by molar-refractivity contribution is 0.0665. The Morgan fingerprint density at radius 2 is 2.14 bits per heavy atom. The highest BCUT2D eigenvalue weighted by Gasteiger charge is 2.11. The summed E-state index contributed by atoms with van der Waals surface area (Å²) in [5.41, 5.74) is 1.59. The molecule has 21 heavy (non-hydrogen) atoms. The van der Waals surface area contributed by atoms with Crippen LogP contribution in [-0.4, -0.2) is 54.5 Å². The molecule has 6 heteroatoms. The first-order valence-electron chi connectivity index (χ1n) is 6.72. The number of ether oxygens (including phenoxy) is 1. The molecule has 6 nitrogen and oxygen atoms in total. The summed E-state index contributed by atoms with van der Waals surface area (Å²) in [7, 11) is 1.64. The fourth-order valence-electron chi connectivity index (χ4n) is 2.19. The SMILES string of the molecule is COCCN(CCO)Cc1ccc2oc(C(=O)O)cc2c1. The molecule has 0 saturated heterocycles. The van der Waals surface area contributed by atoms with Gasteiger partial charge in [-0.3, -0.25) is 4.90 Å². The molecule has 0 radical (unpaired) electrons. The van der Waals surface area contributed by atoms with Crippen molar-refractivity contribution in [3.05, 3.63) is 35.6 Å². The summed E-state index contributed by atoms with van der Waals surface area (Å²) in [4.78, 5) is 13.0. The van der Waals surface area contributed by atoms with Crippen molar-refractivity contribution in [3.63, 3.8) is 0 Å². The van der Waals surface area contributed by atoms with Gasteiger partial charge in [-0.05, 0) is 23.8 Å². The zero-order valence-corrected chi connectivity index (χ0v) is 11.9. The monoisotopic (exact) mass is 293 g/mol. The number of benzene rings is 1. The molecular weight excluding hydrogens is 274 g/mol. The van der Waals surface area contributed by atoms with Gasteiger partial charge in [0.25, 0.3) is 0 Å². The summed E-state index contributed by atoms with van der Waals surface area (Å²) >= 11 is 0. The third kappa shape index (κ3) is 4.04. The Hall–Kier alpha value is -1.89. The van der Waals surface area contributed by atoms with E-state index in [0.717, 1.165) is 17.5 Å². The molecule has 0 atom stereocenters. The maximum absolute atomic E-state index is 10.9. The van der Waals surface area contributed by atoms with E-state index in [-0.39, 0.29) is 12.4 Å². The summed E-state index contributed by atoms with van der Waals surface area (Å²) in [6, 6.07) is 7.09. The molecule has 0 saturated carbocycles. The molecule has 1 heterocycles. The van der Waals surface area contributed by atoms with Crippen molar-refractivity contribution < 1.29 is 24.2 Å². The second-order valence-corrected chi connectivity index (χ2v) is 4.78. The Balaban J connectivity index is 2.14. The van der Waals surface area contributed by atoms with Crippen LogP contribution >= 0.6 is 0 Å². The van der Waals surface area contributed by atoms with Gasteiger partial charge in [0.1, 0.15) is 5.58 Å². The lowest BCUT2D eigenvalue weighted by Crippen LogP contribution is -2.29. The van der Waals surface area contributed by atoms with Crippen molar-refractivity contribution in [2.24, 2.45) is 0 Å². The molecule has 0 fully saturated rings. The van der Waals surface area contributed by atoms with Crippen molar-refractivity contribution in [3.8, 4) is 0 Å². The number of carbonyl (C=O) groups is 1. The van der Waals surface area contributed by atoms with Crippen molar-refractivity contribution >= 4 is 16.9 Å². The highest BCUT2D eigenvalue weighted by Crippen LogP contribution is 2.21. The largest absolute Gasteiger partial charge is 0.475 e. The van der Waals surface area contributed by atoms with Gasteiger partial charge in [-0.15, -0.1) is 0 Å². The van der Waals surface area contributed by atoms with E-state index in [9.17, 15) is 4.79 Å². The number of aromatic carboxylic acids is 1. The van der Waals surface area contributed by atoms with Gasteiger partial charge < -0.3 is 19.4 Å². The lowest BCUT2D eigenvalue weighted by atomic mass is 10.1. The molecule has 2 N–H and O–H groups in total. The van der Waals surface area contributed by atoms with Crippen molar-refractivity contribution in [1.82, 2.24) is 4.90 Å². The average molecular weight is 293 g/mol. The van der Waals surface area contributed by atoms with Crippen molar-refractivity contribution in [2.75, 3.05) is 33.4 Å². The number of hydrogen-bond donors (Lipinski definition) is 2. The number of hydrogen-bond acceptors (Lipinski definition) is 5. The maximum atomic E-state index is 10.9. The number of carboxylic acids is 1. The number of nitrogens with zero attached hydrogens (tertiary/aromatic N) is 1. The van der Waals surface area contributed by atoms with Gasteiger partial charge in [0.15, 0.2) is 0 Å². The van der Waals surface area contributed by atoms with E-state index in [0.29, 0.717) is 25.3 Å². The quantitative estimate of drug-likeness (QED) is 0.768. The molecule has 0 spiro atoms. The van der Waals surface area contributed by atoms with Crippen LogP contribution in [0.2, 0.25) is 0 Å². The topological polar surface area (TPSA) is 83.1 Å². The Bertz CT molecular complexity index is 607. The fourth-order valence-corrected chi connectivity index (χ4v) is 2.19. The smallest absolute Gasteiger partial charge is 0.371 e. The van der Waals surface area contributed by atoms with E-state index in [4.69, 9.17) is 19.4 Å². The molecule has 2 aromatic rings. The van der Waals surface area contributed by atoms with Gasteiger partial charge >= 0.3 is 5.97 Å². The highest BCUT2D eigenvalue weighted by molar-refractivity contribution is 5.91. The van der Waals surface area contributed by atoms with Crippen molar-refractivity contribution in [2.45, 2.75) is 6.54 Å². The Kier molecular flexibility index (Phi) is 5.32. The molecule has 0 aliphatic heterocycles. The van der Waals surface area contributed by atoms with E-state index >= 15 is 0 Å². The van der Waals surface area contributed by atoms with Crippen LogP contribution in [0.5, 0.6) is 0 Å². The van der Waals surface area contributed by atoms with E-state index in [1.807, 2.05) is 12.1 Å². The number of furan rings is 1. The standard InChI is InChI=1S/C15H19NO5/c1-20-7-5-16(4-6-17)10-11-2-3-13-12(8-11)9-14(21-13)15(18)19/h2-3,8-9,17H,4-7,10H2,1H3,(H,18,19). The Labute approximate surface area is 122 Å². The van der Waals surface area contributed by atoms with Crippen LogP contribution in [0.15, 0.2) is 28.7 Å². The molecule has 0 aliphatic rings. The predicted octanol–water partition coefficient (Wildman–Crippen LogP) is 1.57. The van der Waals surface area contributed by atoms with Crippen LogP contribution in [-0.2, 0) is 11.3 Å². The molecular formula is C15H19NO5. The first-order valence-corrected chi connectivity index (χ1v) is 6.72. The zero-order chi connectivity index (χ0) is 15.2. The minimum absolute atomic E-state index is 0.0613. The van der Waals surface area contributed by atoms with E-state index in [1.165, 1.54) is 6.07 Å². The second kappa shape index (κ2) is 7.21. The number of aliphatic hydroxyl groups is 1. The van der Waals surface area contributed by atoms with Crippen LogP contribution in [0, 0.1) is 0 Å². The molecule has 114 valence electrons. The molecule has 0 unspecified atom stereocenters. The van der Waals surface area contributed by atoms with Crippen molar-refractivity contribution in [1.29, 1.82) is 0 Å². The number of carboxylic acid groups (broad SMARTS) is 1. The highest BCUT2D eigenvalue weighted by atomic mass is 16.5. The molecule has 2 rings (SSSR count). The third-order valence-electron chi connectivity index (χ3n) is 3.23. The molecule has 0 bridgehead atoms. The van der Waals surface area contributed by atoms with Gasteiger partial charge in [-0.1, -0.05) is 6.07 Å². The van der Waals surface area contributed by atoms with E-state index in [1.54, 1.807) is 13.2 Å². The molecule has 1 aromatic carbocycles. The summed E-state index contributed by atoms with van der Waals surface area (Å²) in [6.45, 7) is 2.62. The second-order valence-electron chi connectivity index (χ2n) is 4.78. The van der Waals surface area contributed by atoms with Crippen LogP contribution in [0.3, 0.4) is 0 Å². The van der Waals surface area contributed by atoms with Gasteiger partial charge in [-0.25, -0.2) is 4.79 Å². The summed E-state index contributed by atoms with van der Waals surface area (Å²) in [5.74, 6) is -1.14. The fraction of sp³-hybridized carbons (Fsp3) is 0.400. The number of fused-ring (bicyclic) bond motifs is 1. The summed E-state index contributed by atoms with van der Waals surface area (Å²) in [5, 5.41) is 18.8. The Morgan fingerprint density at radius 1 is 1.33 bits per heavy atom. The predicted molar refractivity (Wildman–Crippen MR) is 77.4 cm³/mol. The average Bonchev–Trinajstić information content (AvgIpc) is 2.88. The third-order valence-corrected chi connectivity index (χ3v) is 3.23. The lowest BCUT2D eigenvalue weighted by Gasteiger charge is -2.20. The van der Waals surface area contributed by atoms with E-state index in [2.05, 4.69) is 4.90 Å². The van der Waals surface area contributed by atoms with E-state index < -0.39 is 5.97 Å². The summed E-state index contributed by atoms with van der Waals surface area (Å²) in [6.07, 6.45) is 0. The molecule has 0 aliphatic carbocycles. The number of rotatable bonds is 8. The summed E-state index contributed by atoms with van der Waals surface area (Å²) < 4.78 is 10.3. The van der Waals surface area contributed by atoms with Gasteiger partial charge in [0.05, 0.1) is 13.2 Å². The van der Waals surface area contributed by atoms with Gasteiger partial charge in [0, 0.05) is 32.1 Å². The minimum atomic E-state index is -1.07.